The van der Waals surface area contributed by atoms with Crippen LogP contribution in [0.5, 0.6) is 0 Å². The number of rotatable bonds is 3. The van der Waals surface area contributed by atoms with Crippen molar-refractivity contribution in [3.8, 4) is 0 Å². The Balaban J connectivity index is 1.62. The highest BCUT2D eigenvalue weighted by Gasteiger charge is 2.35. The highest BCUT2D eigenvalue weighted by molar-refractivity contribution is 5.65. The van der Waals surface area contributed by atoms with Gasteiger partial charge in [-0.25, -0.2) is 0 Å². The van der Waals surface area contributed by atoms with Gasteiger partial charge in [-0.1, -0.05) is 6.42 Å². The van der Waals surface area contributed by atoms with Gasteiger partial charge in [-0.15, -0.1) is 10.2 Å². The van der Waals surface area contributed by atoms with Crippen LogP contribution >= 0.6 is 0 Å². The van der Waals surface area contributed by atoms with Gasteiger partial charge < -0.3 is 9.47 Å². The third-order valence-corrected chi connectivity index (χ3v) is 5.76. The number of hydrogen-bond acceptors (Lipinski definition) is 5. The molecule has 1 atom stereocenters. The van der Waals surface area contributed by atoms with Crippen LogP contribution in [-0.2, 0) is 19.1 Å². The molecular formula is C19H22F3N5O2. The molecule has 0 N–H and O–H groups in total. The second kappa shape index (κ2) is 7.64. The molecule has 4 rings (SSSR count). The largest absolute Gasteiger partial charge is 0.416 e. The number of hydrogen-bond donors (Lipinski definition) is 0. The molecule has 1 saturated heterocycles. The predicted molar refractivity (Wildman–Crippen MR) is 99.9 cm³/mol. The van der Waals surface area contributed by atoms with E-state index in [1.165, 1.54) is 6.07 Å². The summed E-state index contributed by atoms with van der Waals surface area (Å²) in [6.45, 7) is 1.91. The number of nitro benzene ring substituents is 1. The van der Waals surface area contributed by atoms with Gasteiger partial charge in [0.05, 0.1) is 10.5 Å². The van der Waals surface area contributed by atoms with Crippen molar-refractivity contribution in [3.63, 3.8) is 0 Å². The predicted octanol–water partition coefficient (Wildman–Crippen LogP) is 4.32. The molecular weight excluding hydrogens is 387 g/mol. The summed E-state index contributed by atoms with van der Waals surface area (Å²) in [5.74, 6) is 1.92. The van der Waals surface area contributed by atoms with Crippen molar-refractivity contribution < 1.29 is 18.1 Å². The van der Waals surface area contributed by atoms with E-state index in [1.54, 1.807) is 0 Å². The van der Waals surface area contributed by atoms with Crippen molar-refractivity contribution >= 4 is 11.4 Å². The molecule has 29 heavy (non-hydrogen) atoms. The Morgan fingerprint density at radius 2 is 1.93 bits per heavy atom. The standard InChI is InChI=1S/C19H22F3N5O2/c20-19(21,22)14-7-8-15(16(11-14)27(28)29)25-9-4-5-13(12-25)18-24-23-17-6-2-1-3-10-26(17)18/h7-8,11,13H,1-6,9-10,12H2/t13-/m0/s1. The number of nitro groups is 1. The fourth-order valence-corrected chi connectivity index (χ4v) is 4.33. The van der Waals surface area contributed by atoms with Gasteiger partial charge in [-0.2, -0.15) is 13.2 Å². The zero-order chi connectivity index (χ0) is 20.6. The minimum Gasteiger partial charge on any atom is -0.365 e. The van der Waals surface area contributed by atoms with Crippen molar-refractivity contribution in [1.29, 1.82) is 0 Å². The molecule has 1 fully saturated rings. The van der Waals surface area contributed by atoms with E-state index < -0.39 is 22.4 Å². The molecule has 0 unspecified atom stereocenters. The fraction of sp³-hybridized carbons (Fsp3) is 0.579. The summed E-state index contributed by atoms with van der Waals surface area (Å²) < 4.78 is 41.1. The molecule has 2 aliphatic rings. The van der Waals surface area contributed by atoms with E-state index in [1.807, 2.05) is 4.90 Å². The summed E-state index contributed by atoms with van der Waals surface area (Å²) in [5.41, 5.74) is -1.30. The molecule has 0 aliphatic carbocycles. The lowest BCUT2D eigenvalue weighted by Crippen LogP contribution is -2.36. The molecule has 1 aromatic heterocycles. The molecule has 0 radical (unpaired) electrons. The Kier molecular flexibility index (Phi) is 5.18. The first kappa shape index (κ1) is 19.7. The number of piperidine rings is 1. The van der Waals surface area contributed by atoms with Crippen LogP contribution in [0.25, 0.3) is 0 Å². The van der Waals surface area contributed by atoms with E-state index in [-0.39, 0.29) is 11.6 Å². The summed E-state index contributed by atoms with van der Waals surface area (Å²) in [5, 5.41) is 20.2. The van der Waals surface area contributed by atoms with Gasteiger partial charge in [-0.3, -0.25) is 10.1 Å². The van der Waals surface area contributed by atoms with Crippen LogP contribution in [0.3, 0.4) is 0 Å². The van der Waals surface area contributed by atoms with Crippen LogP contribution < -0.4 is 4.90 Å². The van der Waals surface area contributed by atoms with Crippen molar-refractivity contribution in [2.24, 2.45) is 0 Å². The number of aromatic nitrogens is 3. The lowest BCUT2D eigenvalue weighted by atomic mass is 9.96. The first-order chi connectivity index (χ1) is 13.8. The molecule has 10 heteroatoms. The normalized spacial score (nSPS) is 20.2. The van der Waals surface area contributed by atoms with E-state index >= 15 is 0 Å². The Labute approximate surface area is 165 Å². The minimum atomic E-state index is -4.62. The third kappa shape index (κ3) is 3.92. The van der Waals surface area contributed by atoms with Crippen LogP contribution in [-0.4, -0.2) is 32.8 Å². The van der Waals surface area contributed by atoms with Gasteiger partial charge in [0.25, 0.3) is 5.69 Å². The molecule has 1 aromatic carbocycles. The highest BCUT2D eigenvalue weighted by atomic mass is 19.4. The quantitative estimate of drug-likeness (QED) is 0.558. The summed E-state index contributed by atoms with van der Waals surface area (Å²) >= 11 is 0. The van der Waals surface area contributed by atoms with Crippen LogP contribution in [0.4, 0.5) is 24.5 Å². The SMILES string of the molecule is O=[N+]([O-])c1cc(C(F)(F)F)ccc1N1CCC[C@H](c2nnc3n2CCCCC3)C1. The Morgan fingerprint density at radius 1 is 1.10 bits per heavy atom. The molecule has 2 aromatic rings. The van der Waals surface area contributed by atoms with E-state index in [0.29, 0.717) is 19.2 Å². The molecule has 3 heterocycles. The maximum atomic E-state index is 13.0. The molecule has 156 valence electrons. The first-order valence-corrected chi connectivity index (χ1v) is 9.87. The summed E-state index contributed by atoms with van der Waals surface area (Å²) in [4.78, 5) is 12.5. The summed E-state index contributed by atoms with van der Waals surface area (Å²) in [7, 11) is 0. The van der Waals surface area contributed by atoms with Gasteiger partial charge in [0, 0.05) is 38.0 Å². The van der Waals surface area contributed by atoms with Gasteiger partial charge >= 0.3 is 6.18 Å². The fourth-order valence-electron chi connectivity index (χ4n) is 4.33. The summed E-state index contributed by atoms with van der Waals surface area (Å²) in [6, 6.07) is 2.75. The van der Waals surface area contributed by atoms with Crippen molar-refractivity contribution in [1.82, 2.24) is 14.8 Å². The van der Waals surface area contributed by atoms with Gasteiger partial charge in [-0.05, 0) is 37.8 Å². The zero-order valence-corrected chi connectivity index (χ0v) is 15.9. The molecule has 2 aliphatic heterocycles. The zero-order valence-electron chi connectivity index (χ0n) is 15.9. The maximum absolute atomic E-state index is 13.0. The Bertz CT molecular complexity index is 912. The topological polar surface area (TPSA) is 77.1 Å². The lowest BCUT2D eigenvalue weighted by Gasteiger charge is -2.34. The van der Waals surface area contributed by atoms with E-state index in [2.05, 4.69) is 14.8 Å². The van der Waals surface area contributed by atoms with Crippen molar-refractivity contribution in [3.05, 3.63) is 45.5 Å². The van der Waals surface area contributed by atoms with E-state index in [0.717, 1.165) is 62.8 Å². The second-order valence-corrected chi connectivity index (χ2v) is 7.68. The monoisotopic (exact) mass is 409 g/mol. The number of halogens is 3. The van der Waals surface area contributed by atoms with E-state index in [9.17, 15) is 23.3 Å². The molecule has 0 spiro atoms. The van der Waals surface area contributed by atoms with Crippen LogP contribution in [0.15, 0.2) is 18.2 Å². The van der Waals surface area contributed by atoms with Crippen molar-refractivity contribution in [2.45, 2.75) is 57.2 Å². The number of aryl methyl sites for hydroxylation is 1. The summed E-state index contributed by atoms with van der Waals surface area (Å²) in [6.07, 6.45) is 1.25. The number of benzene rings is 1. The average molecular weight is 409 g/mol. The number of anilines is 1. The second-order valence-electron chi connectivity index (χ2n) is 7.68. The number of nitrogens with zero attached hydrogens (tertiary/aromatic N) is 5. The number of alkyl halides is 3. The van der Waals surface area contributed by atoms with Gasteiger partial charge in [0.2, 0.25) is 0 Å². The minimum absolute atomic E-state index is 0.0463. The Hall–Kier alpha value is -2.65. The molecule has 0 saturated carbocycles. The van der Waals surface area contributed by atoms with Crippen LogP contribution in [0.2, 0.25) is 0 Å². The van der Waals surface area contributed by atoms with Gasteiger partial charge in [0.1, 0.15) is 17.3 Å². The Morgan fingerprint density at radius 3 is 2.69 bits per heavy atom. The molecule has 0 amide bonds. The molecule has 7 nitrogen and oxygen atoms in total. The highest BCUT2D eigenvalue weighted by Crippen LogP contribution is 2.39. The molecule has 0 bridgehead atoms. The smallest absolute Gasteiger partial charge is 0.365 e. The van der Waals surface area contributed by atoms with E-state index in [4.69, 9.17) is 0 Å². The van der Waals surface area contributed by atoms with Crippen LogP contribution in [0, 0.1) is 10.1 Å². The average Bonchev–Trinajstić information content (AvgIpc) is 2.95. The van der Waals surface area contributed by atoms with Crippen LogP contribution in [0.1, 0.15) is 55.2 Å². The maximum Gasteiger partial charge on any atom is 0.416 e. The van der Waals surface area contributed by atoms with Gasteiger partial charge in [0.15, 0.2) is 0 Å². The lowest BCUT2D eigenvalue weighted by molar-refractivity contribution is -0.384. The third-order valence-electron chi connectivity index (χ3n) is 5.76. The number of fused-ring (bicyclic) bond motifs is 1. The van der Waals surface area contributed by atoms with Crippen molar-refractivity contribution in [2.75, 3.05) is 18.0 Å². The first-order valence-electron chi connectivity index (χ1n) is 9.87.